The molecule has 9 heavy (non-hydrogen) atoms. The maximum Gasteiger partial charge on any atom is 0.170 e. The molecule has 2 unspecified atom stereocenters. The number of nitrogens with two attached hydrogens (primary N) is 1. The molecule has 0 spiro atoms. The third-order valence-corrected chi connectivity index (χ3v) is 1.21. The average Bonchev–Trinajstić information content (AvgIpc) is 2.47. The van der Waals surface area contributed by atoms with E-state index in [-0.39, 0.29) is 12.5 Å². The largest absolute Gasteiger partial charge is 0.346 e. The second kappa shape index (κ2) is 2.33. The van der Waals surface area contributed by atoms with E-state index in [0.29, 0.717) is 0 Å². The van der Waals surface area contributed by atoms with Crippen LogP contribution in [0.1, 0.15) is 6.92 Å². The lowest BCUT2D eigenvalue weighted by atomic mass is 10.6. The van der Waals surface area contributed by atoms with E-state index >= 15 is 0 Å². The van der Waals surface area contributed by atoms with E-state index in [1.165, 1.54) is 0 Å². The molecule has 1 rings (SSSR count). The summed E-state index contributed by atoms with van der Waals surface area (Å²) in [6.45, 7) is 1.87. The van der Waals surface area contributed by atoms with Gasteiger partial charge in [-0.05, 0) is 6.92 Å². The number of hydrogen-bond donors (Lipinski definition) is 2. The second-order valence-electron chi connectivity index (χ2n) is 1.97. The van der Waals surface area contributed by atoms with Crippen LogP contribution in [0.2, 0.25) is 0 Å². The van der Waals surface area contributed by atoms with Gasteiger partial charge in [-0.3, -0.25) is 4.99 Å². The fraction of sp³-hybridized carbons (Fsp3) is 0.800. The standard InChI is InChI=1S/C5H11N3O/c1-3(7-2)8-5-4(6)9-5/h4-5H,6H2,1-2H3,(H,7,8). The van der Waals surface area contributed by atoms with Gasteiger partial charge in [-0.2, -0.15) is 0 Å². The summed E-state index contributed by atoms with van der Waals surface area (Å²) in [7, 11) is 1.72. The molecule has 4 heteroatoms. The van der Waals surface area contributed by atoms with Crippen LogP contribution in [0.5, 0.6) is 0 Å². The smallest absolute Gasteiger partial charge is 0.170 e. The number of aliphatic imine (C=N–C) groups is 1. The van der Waals surface area contributed by atoms with Gasteiger partial charge in [-0.1, -0.05) is 0 Å². The van der Waals surface area contributed by atoms with Crippen molar-refractivity contribution in [1.82, 2.24) is 5.32 Å². The van der Waals surface area contributed by atoms with Gasteiger partial charge >= 0.3 is 0 Å². The first kappa shape index (κ1) is 6.51. The predicted octanol–water partition coefficient (Wildman–Crippen LogP) is -0.735. The van der Waals surface area contributed by atoms with Gasteiger partial charge in [0.15, 0.2) is 12.5 Å². The first-order valence-corrected chi connectivity index (χ1v) is 2.85. The molecule has 2 atom stereocenters. The van der Waals surface area contributed by atoms with Gasteiger partial charge in [0, 0.05) is 7.05 Å². The van der Waals surface area contributed by atoms with Gasteiger partial charge in [0.1, 0.15) is 0 Å². The molecule has 0 radical (unpaired) electrons. The number of amidine groups is 1. The van der Waals surface area contributed by atoms with Gasteiger partial charge < -0.3 is 15.8 Å². The van der Waals surface area contributed by atoms with Crippen molar-refractivity contribution < 1.29 is 4.74 Å². The Bertz CT molecular complexity index is 134. The zero-order valence-corrected chi connectivity index (χ0v) is 5.59. The fourth-order valence-electron chi connectivity index (χ4n) is 0.511. The van der Waals surface area contributed by atoms with Crippen molar-refractivity contribution in [2.45, 2.75) is 19.4 Å². The highest BCUT2D eigenvalue weighted by molar-refractivity contribution is 5.79. The van der Waals surface area contributed by atoms with Crippen molar-refractivity contribution in [3.05, 3.63) is 0 Å². The maximum absolute atomic E-state index is 5.33. The van der Waals surface area contributed by atoms with Crippen molar-refractivity contribution in [2.75, 3.05) is 7.05 Å². The first-order valence-electron chi connectivity index (χ1n) is 2.85. The van der Waals surface area contributed by atoms with E-state index in [0.717, 1.165) is 5.84 Å². The Morgan fingerprint density at radius 1 is 1.78 bits per heavy atom. The van der Waals surface area contributed by atoms with Gasteiger partial charge in [0.2, 0.25) is 0 Å². The van der Waals surface area contributed by atoms with Gasteiger partial charge in [0.05, 0.1) is 5.84 Å². The van der Waals surface area contributed by atoms with Crippen LogP contribution >= 0.6 is 0 Å². The molecule has 52 valence electrons. The Morgan fingerprint density at radius 2 is 2.33 bits per heavy atom. The number of rotatable bonds is 1. The third-order valence-electron chi connectivity index (χ3n) is 1.21. The Labute approximate surface area is 54.1 Å². The Kier molecular flexibility index (Phi) is 1.68. The van der Waals surface area contributed by atoms with Crippen LogP contribution in [-0.2, 0) is 4.74 Å². The topological polar surface area (TPSA) is 62.9 Å². The Balaban J connectivity index is 2.19. The monoisotopic (exact) mass is 129 g/mol. The molecule has 0 aromatic heterocycles. The predicted molar refractivity (Wildman–Crippen MR) is 35.0 cm³/mol. The number of hydrogen-bond acceptors (Lipinski definition) is 3. The zero-order chi connectivity index (χ0) is 6.85. The van der Waals surface area contributed by atoms with Crippen LogP contribution in [-0.4, -0.2) is 25.3 Å². The summed E-state index contributed by atoms with van der Waals surface area (Å²) >= 11 is 0. The molecule has 0 amide bonds. The highest BCUT2D eigenvalue weighted by Crippen LogP contribution is 2.11. The van der Waals surface area contributed by atoms with Gasteiger partial charge in [0.25, 0.3) is 0 Å². The molecule has 0 bridgehead atoms. The minimum atomic E-state index is -0.137. The summed E-state index contributed by atoms with van der Waals surface area (Å²) in [5, 5.41) is 2.96. The first-order chi connectivity index (χ1) is 4.24. The van der Waals surface area contributed by atoms with E-state index in [1.807, 2.05) is 6.92 Å². The molecular weight excluding hydrogens is 118 g/mol. The molecule has 0 aliphatic carbocycles. The summed E-state index contributed by atoms with van der Waals surface area (Å²) in [6, 6.07) is 0. The molecule has 4 nitrogen and oxygen atoms in total. The van der Waals surface area contributed by atoms with E-state index in [2.05, 4.69) is 10.3 Å². The van der Waals surface area contributed by atoms with Crippen LogP contribution in [0.3, 0.4) is 0 Å². The van der Waals surface area contributed by atoms with E-state index in [1.54, 1.807) is 7.05 Å². The quantitative estimate of drug-likeness (QED) is 0.278. The highest BCUT2D eigenvalue weighted by atomic mass is 16.6. The molecule has 1 saturated heterocycles. The van der Waals surface area contributed by atoms with E-state index in [4.69, 9.17) is 10.5 Å². The minimum Gasteiger partial charge on any atom is -0.346 e. The normalized spacial score (nSPS) is 34.3. The fourth-order valence-corrected chi connectivity index (χ4v) is 0.511. The second-order valence-corrected chi connectivity index (χ2v) is 1.97. The Hall–Kier alpha value is -0.610. The average molecular weight is 129 g/mol. The van der Waals surface area contributed by atoms with Crippen molar-refractivity contribution in [3.8, 4) is 0 Å². The lowest BCUT2D eigenvalue weighted by Crippen LogP contribution is -2.27. The van der Waals surface area contributed by atoms with Crippen LogP contribution in [0.4, 0.5) is 0 Å². The third kappa shape index (κ3) is 1.65. The molecule has 0 saturated carbocycles. The minimum absolute atomic E-state index is 0.00583. The number of nitrogens with zero attached hydrogens (tertiary/aromatic N) is 1. The lowest BCUT2D eigenvalue weighted by molar-refractivity contribution is 0.365. The lowest BCUT2D eigenvalue weighted by Gasteiger charge is -1.97. The summed E-state index contributed by atoms with van der Waals surface area (Å²) < 4.78 is 4.88. The molecule has 1 fully saturated rings. The van der Waals surface area contributed by atoms with Gasteiger partial charge in [-0.15, -0.1) is 0 Å². The number of ether oxygens (including phenoxy) is 1. The summed E-state index contributed by atoms with van der Waals surface area (Å²) in [4.78, 5) is 3.87. The Morgan fingerprint density at radius 3 is 2.67 bits per heavy atom. The summed E-state index contributed by atoms with van der Waals surface area (Å²) in [6.07, 6.45) is -0.143. The van der Waals surface area contributed by atoms with E-state index in [9.17, 15) is 0 Å². The van der Waals surface area contributed by atoms with Crippen LogP contribution in [0.25, 0.3) is 0 Å². The van der Waals surface area contributed by atoms with Crippen molar-refractivity contribution in [2.24, 2.45) is 10.7 Å². The van der Waals surface area contributed by atoms with Crippen molar-refractivity contribution in [3.63, 3.8) is 0 Å². The van der Waals surface area contributed by atoms with Crippen molar-refractivity contribution >= 4 is 5.84 Å². The zero-order valence-electron chi connectivity index (χ0n) is 5.59. The van der Waals surface area contributed by atoms with Crippen LogP contribution < -0.4 is 11.1 Å². The van der Waals surface area contributed by atoms with Crippen LogP contribution in [0.15, 0.2) is 4.99 Å². The van der Waals surface area contributed by atoms with Crippen LogP contribution in [0, 0.1) is 0 Å². The van der Waals surface area contributed by atoms with E-state index < -0.39 is 0 Å². The summed E-state index contributed by atoms with van der Waals surface area (Å²) in [5.41, 5.74) is 5.33. The maximum atomic E-state index is 5.33. The summed E-state index contributed by atoms with van der Waals surface area (Å²) in [5.74, 6) is 0.855. The van der Waals surface area contributed by atoms with Gasteiger partial charge in [-0.25, -0.2) is 0 Å². The highest BCUT2D eigenvalue weighted by Gasteiger charge is 2.35. The SMILES string of the molecule is CN=C(C)NC1OC1N. The molecule has 0 aromatic carbocycles. The molecule has 3 N–H and O–H groups in total. The molecule has 1 aliphatic rings. The number of nitrogens with one attached hydrogen (secondary N) is 1. The molecular formula is C5H11N3O. The van der Waals surface area contributed by atoms with Crippen molar-refractivity contribution in [1.29, 1.82) is 0 Å². The number of epoxide rings is 1. The molecule has 0 aromatic rings. The molecule has 1 heterocycles. The molecule has 1 aliphatic heterocycles.